The Bertz CT molecular complexity index is 1190. The number of ether oxygens (including phenoxy) is 1. The zero-order valence-electron chi connectivity index (χ0n) is 30.8. The van der Waals surface area contributed by atoms with Gasteiger partial charge < -0.3 is 4.74 Å². The molecule has 1 aromatic heterocycles. The summed E-state index contributed by atoms with van der Waals surface area (Å²) in [4.78, 5) is 26.1. The Kier molecular flexibility index (Phi) is 22.0. The van der Waals surface area contributed by atoms with Crippen molar-refractivity contribution in [3.8, 4) is 11.3 Å². The monoisotopic (exact) mass is 643 g/mol. The van der Waals surface area contributed by atoms with Crippen LogP contribution in [0.15, 0.2) is 30.5 Å². The molecular weight excluding hydrogens is 580 g/mol. The quantitative estimate of drug-likeness (QED) is 0.124. The number of unbranched alkanes of at least 4 members (excludes halogenated alkanes) is 3. The Balaban J connectivity index is 0.000000984. The van der Waals surface area contributed by atoms with Crippen molar-refractivity contribution in [1.29, 1.82) is 0 Å². The van der Waals surface area contributed by atoms with Crippen molar-refractivity contribution >= 4 is 17.8 Å². The van der Waals surface area contributed by atoms with Gasteiger partial charge in [0.05, 0.1) is 17.9 Å². The number of hydrogen-bond donors (Lipinski definition) is 0. The molecule has 0 fully saturated rings. The number of Topliss-reactive ketones (excluding diaryl/α,β-unsaturated/α-hetero) is 1. The van der Waals surface area contributed by atoms with Crippen LogP contribution in [0.5, 0.6) is 0 Å². The Labute approximate surface area is 279 Å². The number of hydrogen-bond acceptors (Lipinski definition) is 4. The number of halogens is 2. The van der Waals surface area contributed by atoms with Crippen LogP contribution in [0.1, 0.15) is 168 Å². The summed E-state index contributed by atoms with van der Waals surface area (Å²) in [6.45, 7) is 22.2. The summed E-state index contributed by atoms with van der Waals surface area (Å²) in [5.41, 5.74) is 2.49. The number of esters is 1. The average Bonchev–Trinajstić information content (AvgIpc) is 3.42. The lowest BCUT2D eigenvalue weighted by molar-refractivity contribution is -0.143. The first kappa shape index (κ1) is 43.1. The smallest absolute Gasteiger partial charge is 0.302 e. The van der Waals surface area contributed by atoms with Crippen molar-refractivity contribution in [3.63, 3.8) is 0 Å². The molecule has 0 spiro atoms. The Morgan fingerprint density at radius 2 is 1.46 bits per heavy atom. The van der Waals surface area contributed by atoms with Gasteiger partial charge in [0.2, 0.25) is 0 Å². The molecule has 0 radical (unpaired) electrons. The van der Waals surface area contributed by atoms with E-state index < -0.39 is 17.4 Å². The summed E-state index contributed by atoms with van der Waals surface area (Å²) < 4.78 is 33.4. The topological polar surface area (TPSA) is 56.3 Å². The maximum atomic E-state index is 14.5. The van der Waals surface area contributed by atoms with Crippen LogP contribution in [0, 0.1) is 23.0 Å². The summed E-state index contributed by atoms with van der Waals surface area (Å²) in [7, 11) is 0. The number of carbonyl (C=O) groups is 2. The highest BCUT2D eigenvalue weighted by Crippen LogP contribution is 2.37. The first-order valence-corrected chi connectivity index (χ1v) is 17.6. The fraction of sp³-hybridized carbons (Fsp3) is 0.625. The lowest BCUT2D eigenvalue weighted by Gasteiger charge is -2.18. The predicted molar refractivity (Wildman–Crippen MR) is 191 cm³/mol. The predicted octanol–water partition coefficient (Wildman–Crippen LogP) is 12.5. The second-order valence-corrected chi connectivity index (χ2v) is 13.1. The van der Waals surface area contributed by atoms with Gasteiger partial charge in [0.25, 0.3) is 0 Å². The van der Waals surface area contributed by atoms with Crippen molar-refractivity contribution in [2.45, 2.75) is 146 Å². The number of nitrogens with zero attached hydrogens (tertiary/aromatic N) is 1. The highest BCUT2D eigenvalue weighted by atomic mass is 19.1. The minimum absolute atomic E-state index is 0.0816. The van der Waals surface area contributed by atoms with Gasteiger partial charge in [-0.05, 0) is 60.4 Å². The normalized spacial score (nSPS) is 13.0. The first-order valence-electron chi connectivity index (χ1n) is 17.6. The van der Waals surface area contributed by atoms with Crippen LogP contribution in [0.4, 0.5) is 8.78 Å². The van der Waals surface area contributed by atoms with E-state index in [4.69, 9.17) is 4.74 Å². The molecule has 3 rings (SSSR count). The van der Waals surface area contributed by atoms with Crippen LogP contribution in [0.25, 0.3) is 17.3 Å². The fourth-order valence-corrected chi connectivity index (χ4v) is 5.15. The molecule has 1 aliphatic carbocycles. The minimum atomic E-state index is -0.720. The third-order valence-electron chi connectivity index (χ3n) is 7.53. The zero-order chi connectivity index (χ0) is 35.3. The molecular formula is C40H63F2NO3. The second kappa shape index (κ2) is 23.4. The standard InChI is InChI=1S/C25H29F2NO.C7H14O2.C6H14.C2H6/c1-4-6-17(7-5-2)8-9-18-10-11-19-12-25(28-15-22(18)19)21-14-23(26)20(16(3)29)13-24(21)27;1-6(8)9-5-7(2,3)4;1-3-5-6-4-2;1-2/h10-15,17-18H,4-9H2,1-3H3;5H2,1-4H3;3-6H2,1-2H3;1-2H3. The van der Waals surface area contributed by atoms with E-state index in [-0.39, 0.29) is 22.5 Å². The molecule has 260 valence electrons. The van der Waals surface area contributed by atoms with Gasteiger partial charge in [-0.25, -0.2) is 8.78 Å². The number of aromatic nitrogens is 1. The van der Waals surface area contributed by atoms with Crippen LogP contribution < -0.4 is 0 Å². The van der Waals surface area contributed by atoms with Gasteiger partial charge in [-0.15, -0.1) is 0 Å². The first-order chi connectivity index (χ1) is 21.8. The molecule has 1 unspecified atom stereocenters. The SMILES string of the molecule is CC.CC(=O)OCC(C)(C)C.CCCC(CCC)CCC1C=Cc2cc(-c3cc(F)c(C(C)=O)cc3F)ncc21.CCCCCC. The number of benzene rings is 1. The van der Waals surface area contributed by atoms with Gasteiger partial charge in [-0.2, -0.15) is 0 Å². The van der Waals surface area contributed by atoms with Gasteiger partial charge in [0.15, 0.2) is 5.78 Å². The van der Waals surface area contributed by atoms with E-state index in [1.54, 1.807) is 6.20 Å². The number of rotatable bonds is 13. The number of allylic oxidation sites excluding steroid dienone is 1. The molecule has 1 heterocycles. The number of ketones is 1. The zero-order valence-corrected chi connectivity index (χ0v) is 30.8. The Morgan fingerprint density at radius 3 is 1.91 bits per heavy atom. The summed E-state index contributed by atoms with van der Waals surface area (Å²) in [6, 6.07) is 3.84. The fourth-order valence-electron chi connectivity index (χ4n) is 5.15. The molecule has 1 aliphatic rings. The van der Waals surface area contributed by atoms with E-state index >= 15 is 0 Å². The molecule has 0 aliphatic heterocycles. The average molecular weight is 644 g/mol. The molecule has 1 aromatic carbocycles. The third kappa shape index (κ3) is 16.6. The molecule has 0 saturated carbocycles. The Hall–Kier alpha value is -2.89. The van der Waals surface area contributed by atoms with Crippen molar-refractivity contribution in [3.05, 3.63) is 58.8 Å². The number of pyridine rings is 1. The number of fused-ring (bicyclic) bond motifs is 1. The van der Waals surface area contributed by atoms with E-state index in [1.165, 1.54) is 71.6 Å². The third-order valence-corrected chi connectivity index (χ3v) is 7.53. The molecule has 1 atom stereocenters. The van der Waals surface area contributed by atoms with Crippen LogP contribution >= 0.6 is 0 Å². The maximum absolute atomic E-state index is 14.5. The van der Waals surface area contributed by atoms with Gasteiger partial charge in [-0.3, -0.25) is 14.6 Å². The molecule has 2 aromatic rings. The van der Waals surface area contributed by atoms with E-state index in [0.29, 0.717) is 18.2 Å². The lowest BCUT2D eigenvalue weighted by Crippen LogP contribution is -2.16. The van der Waals surface area contributed by atoms with E-state index in [9.17, 15) is 18.4 Å². The summed E-state index contributed by atoms with van der Waals surface area (Å²) in [5, 5.41) is 0. The van der Waals surface area contributed by atoms with Crippen LogP contribution in [-0.2, 0) is 9.53 Å². The van der Waals surface area contributed by atoms with E-state index in [2.05, 4.69) is 44.8 Å². The van der Waals surface area contributed by atoms with Crippen molar-refractivity contribution in [2.24, 2.45) is 11.3 Å². The summed E-state index contributed by atoms with van der Waals surface area (Å²) in [5.74, 6) is -0.946. The van der Waals surface area contributed by atoms with E-state index in [1.807, 2.05) is 40.7 Å². The maximum Gasteiger partial charge on any atom is 0.302 e. The van der Waals surface area contributed by atoms with Crippen molar-refractivity contribution in [2.75, 3.05) is 6.61 Å². The highest BCUT2D eigenvalue weighted by Gasteiger charge is 2.22. The molecule has 0 bridgehead atoms. The Morgan fingerprint density at radius 1 is 0.870 bits per heavy atom. The molecule has 0 N–H and O–H groups in total. The van der Waals surface area contributed by atoms with Gasteiger partial charge in [-0.1, -0.05) is 126 Å². The summed E-state index contributed by atoms with van der Waals surface area (Å²) >= 11 is 0. The van der Waals surface area contributed by atoms with Crippen molar-refractivity contribution in [1.82, 2.24) is 4.98 Å². The molecule has 0 saturated heterocycles. The molecule has 0 amide bonds. The molecule has 46 heavy (non-hydrogen) atoms. The largest absolute Gasteiger partial charge is 0.465 e. The van der Waals surface area contributed by atoms with Crippen LogP contribution in [-0.4, -0.2) is 23.3 Å². The van der Waals surface area contributed by atoms with E-state index in [0.717, 1.165) is 35.6 Å². The van der Waals surface area contributed by atoms with Gasteiger partial charge >= 0.3 is 5.97 Å². The molecule has 6 heteroatoms. The molecule has 4 nitrogen and oxygen atoms in total. The lowest BCUT2D eigenvalue weighted by atomic mass is 9.88. The number of carbonyl (C=O) groups excluding carboxylic acids is 2. The van der Waals surface area contributed by atoms with Gasteiger partial charge in [0, 0.05) is 24.6 Å². The van der Waals surface area contributed by atoms with Crippen LogP contribution in [0.2, 0.25) is 0 Å². The highest BCUT2D eigenvalue weighted by molar-refractivity contribution is 5.94. The summed E-state index contributed by atoms with van der Waals surface area (Å²) in [6.07, 6.45) is 18.8. The van der Waals surface area contributed by atoms with Crippen LogP contribution in [0.3, 0.4) is 0 Å². The minimum Gasteiger partial charge on any atom is -0.465 e. The second-order valence-electron chi connectivity index (χ2n) is 13.1. The van der Waals surface area contributed by atoms with Gasteiger partial charge in [0.1, 0.15) is 11.6 Å². The van der Waals surface area contributed by atoms with Crippen molar-refractivity contribution < 1.29 is 23.1 Å².